The second-order valence-corrected chi connectivity index (χ2v) is 6.94. The number of amides is 1. The molecule has 1 aromatic rings. The van der Waals surface area contributed by atoms with Crippen molar-refractivity contribution in [1.82, 2.24) is 4.90 Å². The molecule has 1 aromatic carbocycles. The first-order chi connectivity index (χ1) is 9.73. The van der Waals surface area contributed by atoms with Crippen LogP contribution in [0.3, 0.4) is 0 Å². The van der Waals surface area contributed by atoms with Crippen LogP contribution in [0.15, 0.2) is 23.1 Å². The molecule has 1 heterocycles. The van der Waals surface area contributed by atoms with Crippen LogP contribution in [-0.4, -0.2) is 45.0 Å². The van der Waals surface area contributed by atoms with Gasteiger partial charge in [0.1, 0.15) is 0 Å². The summed E-state index contributed by atoms with van der Waals surface area (Å²) in [6.07, 6.45) is 0.581. The number of sulfonamides is 1. The van der Waals surface area contributed by atoms with Gasteiger partial charge in [-0.15, -0.1) is 0 Å². The highest BCUT2D eigenvalue weighted by Crippen LogP contribution is 2.27. The van der Waals surface area contributed by atoms with Crippen molar-refractivity contribution in [2.75, 3.05) is 13.7 Å². The predicted octanol–water partition coefficient (Wildman–Crippen LogP) is 1.24. The Balaban J connectivity index is 2.44. The number of carbonyl (C=O) groups excluding carboxylic acids is 1. The average molecular weight is 333 g/mol. The average Bonchev–Trinajstić information content (AvgIpc) is 2.82. The number of hydrogen-bond donors (Lipinski definition) is 1. The normalized spacial score (nSPS) is 22.3. The molecule has 1 aliphatic rings. The van der Waals surface area contributed by atoms with Crippen LogP contribution in [0.4, 0.5) is 0 Å². The second-order valence-electron chi connectivity index (χ2n) is 5.01. The van der Waals surface area contributed by atoms with Crippen molar-refractivity contribution in [2.45, 2.75) is 30.4 Å². The van der Waals surface area contributed by atoms with Gasteiger partial charge in [0.2, 0.25) is 10.0 Å². The SMILES string of the molecule is CC1OCCC1N(C)C(=O)c1c(Cl)cccc1S(N)(=O)=O. The molecule has 0 aliphatic carbocycles. The zero-order chi connectivity index (χ0) is 15.8. The van der Waals surface area contributed by atoms with Crippen molar-refractivity contribution >= 4 is 27.5 Å². The molecule has 1 fully saturated rings. The summed E-state index contributed by atoms with van der Waals surface area (Å²) in [5.74, 6) is -0.480. The Hall–Kier alpha value is -1.15. The summed E-state index contributed by atoms with van der Waals surface area (Å²) in [7, 11) is -2.43. The van der Waals surface area contributed by atoms with Gasteiger partial charge in [0.05, 0.1) is 27.6 Å². The first-order valence-corrected chi connectivity index (χ1v) is 8.36. The maximum Gasteiger partial charge on any atom is 0.256 e. The Morgan fingerprint density at radius 1 is 1.48 bits per heavy atom. The van der Waals surface area contributed by atoms with Crippen molar-refractivity contribution in [3.05, 3.63) is 28.8 Å². The molecular formula is C13H17ClN2O4S. The molecule has 2 unspecified atom stereocenters. The lowest BCUT2D eigenvalue weighted by Crippen LogP contribution is -2.41. The van der Waals surface area contributed by atoms with Gasteiger partial charge < -0.3 is 9.64 Å². The van der Waals surface area contributed by atoms with Crippen LogP contribution in [-0.2, 0) is 14.8 Å². The third kappa shape index (κ3) is 3.21. The minimum absolute atomic E-state index is 0.0601. The van der Waals surface area contributed by atoms with E-state index in [1.165, 1.54) is 23.1 Å². The van der Waals surface area contributed by atoms with E-state index in [1.54, 1.807) is 7.05 Å². The molecule has 0 radical (unpaired) electrons. The van der Waals surface area contributed by atoms with Crippen LogP contribution in [0, 0.1) is 0 Å². The molecule has 1 aliphatic heterocycles. The largest absolute Gasteiger partial charge is 0.376 e. The zero-order valence-electron chi connectivity index (χ0n) is 11.7. The summed E-state index contributed by atoms with van der Waals surface area (Å²) >= 11 is 6.02. The molecule has 1 saturated heterocycles. The van der Waals surface area contributed by atoms with E-state index in [0.717, 1.165) is 0 Å². The van der Waals surface area contributed by atoms with Crippen LogP contribution in [0.2, 0.25) is 5.02 Å². The molecule has 0 aromatic heterocycles. The summed E-state index contributed by atoms with van der Waals surface area (Å²) in [4.78, 5) is 13.8. The van der Waals surface area contributed by atoms with Gasteiger partial charge in [-0.1, -0.05) is 17.7 Å². The molecule has 0 bridgehead atoms. The number of nitrogens with zero attached hydrogens (tertiary/aromatic N) is 1. The molecule has 0 spiro atoms. The highest BCUT2D eigenvalue weighted by atomic mass is 35.5. The Kier molecular flexibility index (Phi) is 4.57. The Morgan fingerprint density at radius 3 is 2.67 bits per heavy atom. The molecule has 6 nitrogen and oxygen atoms in total. The summed E-state index contributed by atoms with van der Waals surface area (Å²) < 4.78 is 28.7. The van der Waals surface area contributed by atoms with Gasteiger partial charge in [0, 0.05) is 13.7 Å². The lowest BCUT2D eigenvalue weighted by molar-refractivity contribution is 0.0571. The highest BCUT2D eigenvalue weighted by Gasteiger charge is 2.33. The van der Waals surface area contributed by atoms with E-state index >= 15 is 0 Å². The number of benzene rings is 1. The maximum atomic E-state index is 12.6. The van der Waals surface area contributed by atoms with Crippen molar-refractivity contribution in [1.29, 1.82) is 0 Å². The fraction of sp³-hybridized carbons (Fsp3) is 0.462. The van der Waals surface area contributed by atoms with Gasteiger partial charge >= 0.3 is 0 Å². The topological polar surface area (TPSA) is 89.7 Å². The third-order valence-corrected chi connectivity index (χ3v) is 4.92. The van der Waals surface area contributed by atoms with Gasteiger partial charge in [0.15, 0.2) is 0 Å². The van der Waals surface area contributed by atoms with Crippen LogP contribution in [0.25, 0.3) is 0 Å². The molecule has 116 valence electrons. The van der Waals surface area contributed by atoms with E-state index < -0.39 is 15.9 Å². The van der Waals surface area contributed by atoms with Crippen molar-refractivity contribution in [3.63, 3.8) is 0 Å². The van der Waals surface area contributed by atoms with Crippen molar-refractivity contribution < 1.29 is 17.9 Å². The van der Waals surface area contributed by atoms with Crippen LogP contribution in [0.1, 0.15) is 23.7 Å². The number of rotatable bonds is 3. The monoisotopic (exact) mass is 332 g/mol. The quantitative estimate of drug-likeness (QED) is 0.901. The van der Waals surface area contributed by atoms with E-state index in [4.69, 9.17) is 21.5 Å². The molecule has 0 saturated carbocycles. The number of carbonyl (C=O) groups is 1. The molecule has 2 atom stereocenters. The first kappa shape index (κ1) is 16.2. The summed E-state index contributed by atoms with van der Waals surface area (Å²) in [5.41, 5.74) is -0.0942. The third-order valence-electron chi connectivity index (χ3n) is 3.65. The number of likely N-dealkylation sites (N-methyl/N-ethyl adjacent to an activating group) is 1. The van der Waals surface area contributed by atoms with E-state index in [-0.39, 0.29) is 27.6 Å². The zero-order valence-corrected chi connectivity index (χ0v) is 13.3. The van der Waals surface area contributed by atoms with Crippen molar-refractivity contribution in [2.24, 2.45) is 5.14 Å². The van der Waals surface area contributed by atoms with E-state index in [2.05, 4.69) is 0 Å². The molecule has 8 heteroatoms. The van der Waals surface area contributed by atoms with Gasteiger partial charge in [-0.2, -0.15) is 0 Å². The lowest BCUT2D eigenvalue weighted by Gasteiger charge is -2.27. The molecule has 2 N–H and O–H groups in total. The number of primary sulfonamides is 1. The van der Waals surface area contributed by atoms with E-state index in [9.17, 15) is 13.2 Å². The van der Waals surface area contributed by atoms with Crippen LogP contribution < -0.4 is 5.14 Å². The van der Waals surface area contributed by atoms with Gasteiger partial charge in [-0.25, -0.2) is 13.6 Å². The lowest BCUT2D eigenvalue weighted by atomic mass is 10.1. The van der Waals surface area contributed by atoms with Crippen LogP contribution in [0.5, 0.6) is 0 Å². The minimum Gasteiger partial charge on any atom is -0.376 e. The predicted molar refractivity (Wildman–Crippen MR) is 78.7 cm³/mol. The van der Waals surface area contributed by atoms with Crippen LogP contribution >= 0.6 is 11.6 Å². The first-order valence-electron chi connectivity index (χ1n) is 6.43. The number of hydrogen-bond acceptors (Lipinski definition) is 4. The van der Waals surface area contributed by atoms with Gasteiger partial charge in [-0.3, -0.25) is 4.79 Å². The second kappa shape index (κ2) is 5.92. The molecule has 1 amide bonds. The number of nitrogens with two attached hydrogens (primary N) is 1. The van der Waals surface area contributed by atoms with Gasteiger partial charge in [0.25, 0.3) is 5.91 Å². The van der Waals surface area contributed by atoms with Gasteiger partial charge in [-0.05, 0) is 25.5 Å². The maximum absolute atomic E-state index is 12.6. The summed E-state index contributed by atoms with van der Waals surface area (Å²) in [6, 6.07) is 4.06. The molecular weight excluding hydrogens is 316 g/mol. The standard InChI is InChI=1S/C13H17ClN2O4S/c1-8-10(6-7-20-8)16(2)13(17)12-9(14)4-3-5-11(12)21(15,18)19/h3-5,8,10H,6-7H2,1-2H3,(H2,15,18,19). The van der Waals surface area contributed by atoms with Crippen molar-refractivity contribution in [3.8, 4) is 0 Å². The fourth-order valence-corrected chi connectivity index (χ4v) is 3.57. The summed E-state index contributed by atoms with van der Waals surface area (Å²) in [5, 5.41) is 5.22. The van der Waals surface area contributed by atoms with E-state index in [0.29, 0.717) is 13.0 Å². The smallest absolute Gasteiger partial charge is 0.256 e. The number of halogens is 1. The minimum atomic E-state index is -4.03. The van der Waals surface area contributed by atoms with E-state index in [1.807, 2.05) is 6.92 Å². The Bertz CT molecular complexity index is 662. The number of ether oxygens (including phenoxy) is 1. The Morgan fingerprint density at radius 2 is 2.14 bits per heavy atom. The molecule has 2 rings (SSSR count). The summed E-state index contributed by atoms with van der Waals surface area (Å²) in [6.45, 7) is 2.43. The Labute approximate surface area is 128 Å². The molecule has 21 heavy (non-hydrogen) atoms. The fourth-order valence-electron chi connectivity index (χ4n) is 2.50. The highest BCUT2D eigenvalue weighted by molar-refractivity contribution is 7.89.